The molecule has 3 fully saturated rings. The molecule has 6 rings (SSSR count). The first-order valence-corrected chi connectivity index (χ1v) is 10.4. The molecule has 4 heterocycles. The number of amides is 1. The van der Waals surface area contributed by atoms with Gasteiger partial charge in [0, 0.05) is 49.7 Å². The highest BCUT2D eigenvalue weighted by atomic mass is 16.2. The van der Waals surface area contributed by atoms with Crippen LogP contribution >= 0.6 is 0 Å². The van der Waals surface area contributed by atoms with E-state index in [4.69, 9.17) is 0 Å². The fourth-order valence-electron chi connectivity index (χ4n) is 5.35. The van der Waals surface area contributed by atoms with Gasteiger partial charge in [-0.15, -0.1) is 0 Å². The Morgan fingerprint density at radius 3 is 2.50 bits per heavy atom. The minimum atomic E-state index is -0.176. The van der Waals surface area contributed by atoms with Crippen molar-refractivity contribution in [3.05, 3.63) is 69.1 Å². The molecular formula is C23H27N3O2. The fraction of sp³-hybridized carbons (Fsp3) is 0.478. The van der Waals surface area contributed by atoms with Crippen LogP contribution in [0.3, 0.4) is 0 Å². The Balaban J connectivity index is 1.36. The normalized spacial score (nSPS) is 25.0. The topological polar surface area (TPSA) is 56.4 Å². The molecule has 2 atom stereocenters. The van der Waals surface area contributed by atoms with E-state index in [9.17, 15) is 9.59 Å². The number of benzene rings is 1. The van der Waals surface area contributed by atoms with Crippen LogP contribution in [0.25, 0.3) is 0 Å². The molecule has 1 aromatic heterocycles. The van der Waals surface area contributed by atoms with E-state index >= 15 is 0 Å². The molecule has 2 aromatic rings. The van der Waals surface area contributed by atoms with Crippen molar-refractivity contribution in [3.8, 4) is 0 Å². The number of pyridine rings is 1. The van der Waals surface area contributed by atoms with Gasteiger partial charge in [0.25, 0.3) is 5.91 Å². The van der Waals surface area contributed by atoms with E-state index in [0.717, 1.165) is 44.6 Å². The number of rotatable bonds is 2. The summed E-state index contributed by atoms with van der Waals surface area (Å²) < 4.78 is 0. The highest BCUT2D eigenvalue weighted by Gasteiger charge is 2.40. The maximum absolute atomic E-state index is 13.2. The number of aromatic amines is 1. The van der Waals surface area contributed by atoms with Crippen molar-refractivity contribution in [2.24, 2.45) is 5.92 Å². The molecule has 5 heteroatoms. The van der Waals surface area contributed by atoms with Gasteiger partial charge in [0.05, 0.1) is 0 Å². The monoisotopic (exact) mass is 377 g/mol. The van der Waals surface area contributed by atoms with Gasteiger partial charge in [0.1, 0.15) is 5.56 Å². The van der Waals surface area contributed by atoms with Crippen LogP contribution in [0.4, 0.5) is 0 Å². The van der Waals surface area contributed by atoms with Crippen molar-refractivity contribution in [1.82, 2.24) is 14.8 Å². The van der Waals surface area contributed by atoms with Crippen LogP contribution in [0.15, 0.2) is 41.3 Å². The van der Waals surface area contributed by atoms with E-state index < -0.39 is 0 Å². The number of aromatic nitrogens is 1. The Hall–Kier alpha value is -2.40. The maximum Gasteiger partial charge on any atom is 0.259 e. The number of fused-ring (bicyclic) bond motifs is 5. The number of aryl methyl sites for hydroxylation is 1. The van der Waals surface area contributed by atoms with Crippen LogP contribution in [-0.4, -0.2) is 52.4 Å². The molecule has 0 unspecified atom stereocenters. The van der Waals surface area contributed by atoms with Gasteiger partial charge in [0.15, 0.2) is 5.43 Å². The predicted molar refractivity (Wildman–Crippen MR) is 109 cm³/mol. The van der Waals surface area contributed by atoms with Crippen molar-refractivity contribution >= 4 is 5.91 Å². The van der Waals surface area contributed by atoms with Crippen molar-refractivity contribution < 1.29 is 4.79 Å². The second-order valence-corrected chi connectivity index (χ2v) is 8.73. The number of hydrogen-bond acceptors (Lipinski definition) is 3. The molecule has 1 N–H and O–H groups in total. The summed E-state index contributed by atoms with van der Waals surface area (Å²) in [7, 11) is 0. The van der Waals surface area contributed by atoms with E-state index in [-0.39, 0.29) is 22.9 Å². The summed E-state index contributed by atoms with van der Waals surface area (Å²) in [5.41, 5.74) is 3.83. The average molecular weight is 377 g/mol. The maximum atomic E-state index is 13.2. The Morgan fingerprint density at radius 2 is 1.79 bits per heavy atom. The van der Waals surface area contributed by atoms with Crippen LogP contribution in [0.1, 0.15) is 40.0 Å². The number of hydrogen-bond donors (Lipinski definition) is 1. The number of carbonyl (C=O) groups excluding carboxylic acids is 1. The van der Waals surface area contributed by atoms with Crippen LogP contribution in [-0.2, 0) is 12.8 Å². The minimum Gasteiger partial charge on any atom is -0.364 e. The zero-order chi connectivity index (χ0) is 19.3. The number of H-pyrrole nitrogens is 1. The highest BCUT2D eigenvalue weighted by Crippen LogP contribution is 2.33. The molecule has 146 valence electrons. The molecule has 3 aliphatic heterocycles. The van der Waals surface area contributed by atoms with Crippen molar-refractivity contribution in [3.63, 3.8) is 0 Å². The predicted octanol–water partition coefficient (Wildman–Crippen LogP) is 2.39. The largest absolute Gasteiger partial charge is 0.364 e. The summed E-state index contributed by atoms with van der Waals surface area (Å²) >= 11 is 0. The summed E-state index contributed by atoms with van der Waals surface area (Å²) in [6.45, 7) is 4.59. The Bertz CT molecular complexity index is 941. The van der Waals surface area contributed by atoms with Gasteiger partial charge in [0.2, 0.25) is 0 Å². The summed E-state index contributed by atoms with van der Waals surface area (Å²) in [6, 6.07) is 11.0. The van der Waals surface area contributed by atoms with E-state index in [1.54, 1.807) is 6.20 Å². The zero-order valence-corrected chi connectivity index (χ0v) is 16.4. The van der Waals surface area contributed by atoms with Gasteiger partial charge < -0.3 is 9.88 Å². The lowest BCUT2D eigenvalue weighted by atomic mass is 9.94. The second-order valence-electron chi connectivity index (χ2n) is 8.73. The first-order valence-electron chi connectivity index (χ1n) is 10.4. The molecule has 1 aliphatic carbocycles. The van der Waals surface area contributed by atoms with Gasteiger partial charge in [-0.1, -0.05) is 24.3 Å². The van der Waals surface area contributed by atoms with Gasteiger partial charge in [-0.2, -0.15) is 0 Å². The molecule has 5 nitrogen and oxygen atoms in total. The van der Waals surface area contributed by atoms with E-state index in [1.165, 1.54) is 23.6 Å². The van der Waals surface area contributed by atoms with E-state index in [1.807, 2.05) is 11.8 Å². The molecule has 3 saturated heterocycles. The molecular weight excluding hydrogens is 350 g/mol. The Labute approximate surface area is 165 Å². The first kappa shape index (κ1) is 17.7. The van der Waals surface area contributed by atoms with E-state index in [2.05, 4.69) is 34.1 Å². The lowest BCUT2D eigenvalue weighted by molar-refractivity contribution is 0.0580. The summed E-state index contributed by atoms with van der Waals surface area (Å²) in [4.78, 5) is 33.1. The lowest BCUT2D eigenvalue weighted by Gasteiger charge is -2.36. The highest BCUT2D eigenvalue weighted by molar-refractivity contribution is 5.94. The number of nitrogens with zero attached hydrogens (tertiary/aromatic N) is 2. The number of piperidine rings is 1. The standard InChI is InChI=1S/C23H27N3O2/c1-15-8-22(27)21(11-24-15)23(28)26-13-16-6-7-19(26)14-25(12-16)20-9-17-4-2-3-5-18(17)10-20/h2-5,8,11,16,19-20H,6-7,9-10,12-14H2,1H3,(H,24,27)/t16-,19+/m0/s1. The van der Waals surface area contributed by atoms with Crippen LogP contribution in [0.2, 0.25) is 0 Å². The quantitative estimate of drug-likeness (QED) is 0.874. The zero-order valence-electron chi connectivity index (χ0n) is 16.4. The molecule has 0 saturated carbocycles. The van der Waals surface area contributed by atoms with Crippen molar-refractivity contribution in [2.75, 3.05) is 19.6 Å². The molecule has 4 aliphatic rings. The molecule has 1 amide bonds. The van der Waals surface area contributed by atoms with Crippen LogP contribution < -0.4 is 5.43 Å². The third-order valence-corrected chi connectivity index (χ3v) is 6.84. The summed E-state index contributed by atoms with van der Waals surface area (Å²) in [5, 5.41) is 0. The molecule has 2 bridgehead atoms. The van der Waals surface area contributed by atoms with Crippen molar-refractivity contribution in [2.45, 2.75) is 44.7 Å². The molecule has 0 spiro atoms. The lowest BCUT2D eigenvalue weighted by Crippen LogP contribution is -2.49. The van der Waals surface area contributed by atoms with E-state index in [0.29, 0.717) is 12.0 Å². The fourth-order valence-corrected chi connectivity index (χ4v) is 5.35. The second kappa shape index (κ2) is 6.89. The van der Waals surface area contributed by atoms with Gasteiger partial charge in [-0.25, -0.2) is 0 Å². The Morgan fingerprint density at radius 1 is 1.04 bits per heavy atom. The number of carbonyl (C=O) groups is 1. The van der Waals surface area contributed by atoms with Gasteiger partial charge in [-0.3, -0.25) is 14.5 Å². The van der Waals surface area contributed by atoms with Gasteiger partial charge >= 0.3 is 0 Å². The SMILES string of the molecule is Cc1cc(=O)c(C(=O)N2C[C@H]3CC[C@@H]2CN(C2Cc4ccccc4C2)C3)c[nH]1. The first-order chi connectivity index (χ1) is 13.6. The molecule has 1 aromatic carbocycles. The molecule has 0 radical (unpaired) electrons. The van der Waals surface area contributed by atoms with Crippen LogP contribution in [0, 0.1) is 12.8 Å². The number of nitrogens with one attached hydrogen (secondary N) is 1. The summed E-state index contributed by atoms with van der Waals surface area (Å²) in [5.74, 6) is 0.392. The van der Waals surface area contributed by atoms with Gasteiger partial charge in [-0.05, 0) is 49.7 Å². The minimum absolute atomic E-state index is 0.104. The Kier molecular flexibility index (Phi) is 4.35. The van der Waals surface area contributed by atoms with Crippen LogP contribution in [0.5, 0.6) is 0 Å². The third-order valence-electron chi connectivity index (χ3n) is 6.84. The molecule has 28 heavy (non-hydrogen) atoms. The van der Waals surface area contributed by atoms with Crippen molar-refractivity contribution in [1.29, 1.82) is 0 Å². The summed E-state index contributed by atoms with van der Waals surface area (Å²) in [6.07, 6.45) is 6.03. The third kappa shape index (κ3) is 3.08. The average Bonchev–Trinajstić information content (AvgIpc) is 2.90. The smallest absolute Gasteiger partial charge is 0.259 e.